The molecule has 16 unspecified atom stereocenters. The van der Waals surface area contributed by atoms with Gasteiger partial charge < -0.3 is 120 Å². The number of fused-ring (bicyclic) bond motifs is 1. The van der Waals surface area contributed by atoms with E-state index in [-0.39, 0.29) is 88.1 Å². The van der Waals surface area contributed by atoms with Crippen LogP contribution in [-0.4, -0.2) is 240 Å². The number of nitrogens with one attached hydrogen (secondary N) is 2. The molecule has 2 radical (unpaired) electrons. The molecule has 26 heteroatoms. The van der Waals surface area contributed by atoms with E-state index in [1.54, 1.807) is 20.8 Å². The average molecular weight is 1310 g/mol. The number of hydrogen-bond donors (Lipinski definition) is 12. The zero-order chi connectivity index (χ0) is 43.6. The summed E-state index contributed by atoms with van der Waals surface area (Å²) in [6.07, 6.45) is -36.3. The molecule has 6 aliphatic heterocycles. The minimum Gasteiger partial charge on any atom is -0.668 e. The molecule has 6 fully saturated rings. The van der Waals surface area contributed by atoms with E-state index >= 15 is 0 Å². The van der Waals surface area contributed by atoms with Crippen LogP contribution < -0.4 is 0 Å². The first-order valence-electron chi connectivity index (χ1n) is 19.6. The molecule has 14 N–H and O–H groups in total. The molecule has 0 saturated carbocycles. The van der Waals surface area contributed by atoms with Gasteiger partial charge in [-0.3, -0.25) is 0 Å². The third kappa shape index (κ3) is 10.9. The van der Waals surface area contributed by atoms with E-state index in [4.69, 9.17) is 53.1 Å². The Kier molecular flexibility index (Phi) is 20.1. The Morgan fingerprint density at radius 2 is 1.03 bits per heavy atom. The summed E-state index contributed by atoms with van der Waals surface area (Å²) >= 11 is 0. The van der Waals surface area contributed by atoms with Crippen molar-refractivity contribution < 1.29 is 197 Å². The van der Waals surface area contributed by atoms with Crippen molar-refractivity contribution in [1.29, 1.82) is 0 Å². The van der Waals surface area contributed by atoms with Crippen molar-refractivity contribution in [2.24, 2.45) is 5.92 Å². The van der Waals surface area contributed by atoms with Gasteiger partial charge in [0.25, 0.3) is 0 Å². The number of rotatable bonds is 11. The van der Waals surface area contributed by atoms with Gasteiger partial charge in [-0.25, -0.2) is 0 Å². The predicted octanol–water partition coefficient (Wildman–Crippen LogP) is -5.93. The molecule has 0 bridgehead atoms. The Labute approximate surface area is 423 Å². The molecule has 6 saturated heterocycles. The van der Waals surface area contributed by atoms with Gasteiger partial charge in [-0.05, 0) is 34.6 Å². The Morgan fingerprint density at radius 3 is 1.61 bits per heavy atom. The number of ether oxygens (including phenoxy) is 10. The van der Waals surface area contributed by atoms with Gasteiger partial charge in [0.2, 0.25) is 5.79 Å². The smallest absolute Gasteiger partial charge is 0.208 e. The molecular weight excluding hydrogens is 1250 g/mol. The average Bonchev–Trinajstić information content (AvgIpc) is 3.18. The molecule has 0 aromatic rings. The molecular formula is C35H60Ac2N2O22-2. The van der Waals surface area contributed by atoms with E-state index in [2.05, 4.69) is 0 Å². The fourth-order valence-corrected chi connectivity index (χ4v) is 8.47. The van der Waals surface area contributed by atoms with Crippen molar-refractivity contribution in [2.75, 3.05) is 19.8 Å². The zero-order valence-corrected chi connectivity index (χ0v) is 43.6. The normalized spacial score (nSPS) is 52.9. The summed E-state index contributed by atoms with van der Waals surface area (Å²) < 4.78 is 59.5. The van der Waals surface area contributed by atoms with E-state index in [0.717, 1.165) is 0 Å². The molecule has 350 valence electrons. The van der Waals surface area contributed by atoms with Crippen LogP contribution >= 0.6 is 0 Å². The maximum atomic E-state index is 11.4. The van der Waals surface area contributed by atoms with Gasteiger partial charge in [0, 0.05) is 88.1 Å². The van der Waals surface area contributed by atoms with Gasteiger partial charge in [0.1, 0.15) is 91.9 Å². The second-order valence-corrected chi connectivity index (χ2v) is 17.0. The second-order valence-electron chi connectivity index (χ2n) is 17.0. The fraction of sp³-hybridized carbons (Fsp3) is 1.00. The maximum Gasteiger partial charge on any atom is 0.208 e. The van der Waals surface area contributed by atoms with E-state index in [1.165, 1.54) is 13.8 Å². The SMILES string of the molecule is CC1O[C@H](C2(O[C@@H]3OC(CO)C(O)[C@H](O)C3OC3OC(C)[C@H](O)C(O)[C@@H]3O)O[C@@H]3C([NH-])[C@H](O[C@H]4C(O)C(CO)O[C@@H](OC(C)(C)C)C4[NH-])OC(CO)C32)C(O)[C@H](O)C1O.[Ac].[Ac]. The van der Waals surface area contributed by atoms with Crippen LogP contribution in [-0.2, 0) is 47.4 Å². The summed E-state index contributed by atoms with van der Waals surface area (Å²) in [6, 6.07) is -3.04. The standard InChI is InChI=1S/C35H60N2O22.2Ac/c1-9-17(41)21(45)24(48)29(50-9)35(59-33-28(23(47)19(43)12(7-39)54-33)56-32-25(49)22(46)18(42)10(2)51-32)14-11(6-38)52-30(15(36)26(14)57-35)55-27-16(37)31(58-34(3,4)5)53-13(8-40)20(27)44;;/h9-33,36-49H,6-8H2,1-5H3;;/q-2;;/t9?,10?,11?,12?,13?,14?,15?,16?,17?,18-,19?,20?,21+,22?,23-,24?,25-,26-,27+,28?,29-,30-,31-,32?,33-,35?;;/m0../s1. The minimum atomic E-state index is -2.47. The van der Waals surface area contributed by atoms with Crippen molar-refractivity contribution >= 4 is 0 Å². The van der Waals surface area contributed by atoms with E-state index in [9.17, 15) is 67.0 Å². The molecule has 0 aromatic heterocycles. The van der Waals surface area contributed by atoms with Gasteiger partial charge in [0.05, 0.1) is 61.9 Å². The van der Waals surface area contributed by atoms with Gasteiger partial charge in [-0.1, -0.05) is 12.1 Å². The second kappa shape index (κ2) is 22.1. The molecule has 0 amide bonds. The van der Waals surface area contributed by atoms with Gasteiger partial charge in [-0.2, -0.15) is 0 Å². The van der Waals surface area contributed by atoms with Crippen LogP contribution in [0.3, 0.4) is 0 Å². The Bertz CT molecular complexity index is 1400. The molecule has 0 spiro atoms. The summed E-state index contributed by atoms with van der Waals surface area (Å²) in [6.45, 7) is 5.36. The molecule has 6 aliphatic rings. The van der Waals surface area contributed by atoms with Gasteiger partial charge >= 0.3 is 0 Å². The van der Waals surface area contributed by atoms with Crippen LogP contribution in [0.15, 0.2) is 0 Å². The number of aliphatic hydroxyl groups excluding tert-OH is 12. The molecule has 6 rings (SSSR count). The Hall–Kier alpha value is 1.92. The Morgan fingerprint density at radius 1 is 0.525 bits per heavy atom. The van der Waals surface area contributed by atoms with E-state index < -0.39 is 184 Å². The molecule has 0 aromatic carbocycles. The van der Waals surface area contributed by atoms with Crippen molar-refractivity contribution in [2.45, 2.75) is 193 Å². The summed E-state index contributed by atoms with van der Waals surface area (Å²) in [7, 11) is 0. The largest absolute Gasteiger partial charge is 0.668 e. The molecule has 6 heterocycles. The topological polar surface area (TPSA) is 383 Å². The van der Waals surface area contributed by atoms with Crippen LogP contribution in [0.1, 0.15) is 34.6 Å². The third-order valence-electron chi connectivity index (χ3n) is 11.8. The molecule has 61 heavy (non-hydrogen) atoms. The first-order valence-corrected chi connectivity index (χ1v) is 19.6. The monoisotopic (exact) mass is 1310 g/mol. The van der Waals surface area contributed by atoms with Crippen LogP contribution in [0.4, 0.5) is 0 Å². The van der Waals surface area contributed by atoms with Crippen molar-refractivity contribution in [1.82, 2.24) is 0 Å². The first-order chi connectivity index (χ1) is 27.6. The number of hydrogen-bond acceptors (Lipinski definition) is 22. The van der Waals surface area contributed by atoms with Gasteiger partial charge in [0.15, 0.2) is 12.6 Å². The zero-order valence-electron chi connectivity index (χ0n) is 34.2. The molecule has 0 aliphatic carbocycles. The third-order valence-corrected chi connectivity index (χ3v) is 11.8. The predicted molar refractivity (Wildman–Crippen MR) is 189 cm³/mol. The maximum absolute atomic E-state index is 11.4. The summed E-state index contributed by atoms with van der Waals surface area (Å²) in [5, 5.41) is 128. The Balaban J connectivity index is 0.00000410. The van der Waals surface area contributed by atoms with Crippen LogP contribution in [0.5, 0.6) is 0 Å². The van der Waals surface area contributed by atoms with Crippen molar-refractivity contribution in [3.05, 3.63) is 11.5 Å². The molecule has 24 nitrogen and oxygen atoms in total. The van der Waals surface area contributed by atoms with Crippen LogP contribution in [0, 0.1) is 94.0 Å². The summed E-state index contributed by atoms with van der Waals surface area (Å²) in [5.74, 6) is -3.85. The summed E-state index contributed by atoms with van der Waals surface area (Å²) in [5.41, 5.74) is 17.2. The number of aliphatic hydroxyl groups is 12. The first kappa shape index (κ1) is 55.5. The molecule has 26 atom stereocenters. The minimum absolute atomic E-state index is 0. The van der Waals surface area contributed by atoms with Crippen molar-refractivity contribution in [3.63, 3.8) is 0 Å². The quantitative estimate of drug-likeness (QED) is 0.0916. The van der Waals surface area contributed by atoms with E-state index in [0.29, 0.717) is 0 Å². The van der Waals surface area contributed by atoms with Crippen LogP contribution in [0.25, 0.3) is 11.5 Å². The van der Waals surface area contributed by atoms with Crippen molar-refractivity contribution in [3.8, 4) is 0 Å². The fourth-order valence-electron chi connectivity index (χ4n) is 8.47. The van der Waals surface area contributed by atoms with Gasteiger partial charge in [-0.15, -0.1) is 0 Å². The summed E-state index contributed by atoms with van der Waals surface area (Å²) in [4.78, 5) is 0. The van der Waals surface area contributed by atoms with E-state index in [1.807, 2.05) is 0 Å². The van der Waals surface area contributed by atoms with Crippen LogP contribution in [0.2, 0.25) is 0 Å².